The molecule has 0 spiro atoms. The van der Waals surface area contributed by atoms with Crippen molar-refractivity contribution in [3.63, 3.8) is 0 Å². The van der Waals surface area contributed by atoms with Gasteiger partial charge in [-0.2, -0.15) is 0 Å². The van der Waals surface area contributed by atoms with E-state index in [1.165, 1.54) is 0 Å². The molecule has 0 saturated carbocycles. The Balaban J connectivity index is 2.19. The molecule has 1 aromatic carbocycles. The Morgan fingerprint density at radius 2 is 2.24 bits per heavy atom. The lowest BCUT2D eigenvalue weighted by Crippen LogP contribution is -2.21. The molecule has 1 N–H and O–H groups in total. The lowest BCUT2D eigenvalue weighted by Gasteiger charge is -2.18. The monoisotopic (exact) mass is 275 g/mol. The van der Waals surface area contributed by atoms with Crippen molar-refractivity contribution in [1.82, 2.24) is 4.90 Å². The van der Waals surface area contributed by atoms with E-state index in [9.17, 15) is 5.11 Å². The van der Waals surface area contributed by atoms with Gasteiger partial charge >= 0.3 is 0 Å². The maximum absolute atomic E-state index is 9.49. The number of hydrogen-bond donors (Lipinski definition) is 1. The lowest BCUT2D eigenvalue weighted by atomic mass is 10.2. The summed E-state index contributed by atoms with van der Waals surface area (Å²) >= 11 is 12.1. The second-order valence-corrected chi connectivity index (χ2v) is 5.10. The molecule has 1 fully saturated rings. The Bertz CT molecular complexity index is 412. The predicted molar refractivity (Wildman–Crippen MR) is 68.9 cm³/mol. The zero-order valence-electron chi connectivity index (χ0n) is 9.62. The Morgan fingerprint density at radius 3 is 2.82 bits per heavy atom. The molecule has 0 unspecified atom stereocenters. The molecule has 5 heteroatoms. The molecule has 17 heavy (non-hydrogen) atoms. The van der Waals surface area contributed by atoms with Crippen LogP contribution in [0.5, 0.6) is 5.75 Å². The number of aliphatic hydroxyl groups excluding tert-OH is 1. The Labute approximate surface area is 111 Å². The van der Waals surface area contributed by atoms with Crippen LogP contribution in [0.1, 0.15) is 12.0 Å². The van der Waals surface area contributed by atoms with Gasteiger partial charge in [-0.1, -0.05) is 23.2 Å². The Kier molecular flexibility index (Phi) is 4.15. The van der Waals surface area contributed by atoms with Crippen molar-refractivity contribution in [3.8, 4) is 5.75 Å². The van der Waals surface area contributed by atoms with Gasteiger partial charge in [-0.15, -0.1) is 0 Å². The first-order chi connectivity index (χ1) is 8.10. The summed E-state index contributed by atoms with van der Waals surface area (Å²) in [5, 5.41) is 10.6. The summed E-state index contributed by atoms with van der Waals surface area (Å²) < 4.78 is 5.29. The van der Waals surface area contributed by atoms with Crippen molar-refractivity contribution >= 4 is 23.2 Å². The van der Waals surface area contributed by atoms with Crippen LogP contribution in [-0.4, -0.2) is 36.3 Å². The molecule has 0 bridgehead atoms. The average Bonchev–Trinajstić information content (AvgIpc) is 2.63. The first-order valence-corrected chi connectivity index (χ1v) is 6.28. The van der Waals surface area contributed by atoms with E-state index in [0.717, 1.165) is 18.5 Å². The van der Waals surface area contributed by atoms with Gasteiger partial charge in [0.1, 0.15) is 5.75 Å². The minimum atomic E-state index is -0.226. The van der Waals surface area contributed by atoms with Crippen molar-refractivity contribution in [1.29, 1.82) is 0 Å². The number of halogens is 2. The number of nitrogens with zero attached hydrogens (tertiary/aromatic N) is 1. The minimum absolute atomic E-state index is 0.226. The normalized spacial score (nSPS) is 20.8. The molecule has 3 nitrogen and oxygen atoms in total. The second kappa shape index (κ2) is 5.44. The summed E-state index contributed by atoms with van der Waals surface area (Å²) in [5.74, 6) is 0.664. The number of benzene rings is 1. The van der Waals surface area contributed by atoms with Gasteiger partial charge < -0.3 is 9.84 Å². The van der Waals surface area contributed by atoms with Gasteiger partial charge in [0.2, 0.25) is 0 Å². The number of β-amino-alcohol motifs (C(OH)–C–C–N with tert-alkyl or cyclic N) is 1. The minimum Gasteiger partial charge on any atom is -0.495 e. The molecular weight excluding hydrogens is 261 g/mol. The highest BCUT2D eigenvalue weighted by atomic mass is 35.5. The van der Waals surface area contributed by atoms with Crippen molar-refractivity contribution < 1.29 is 9.84 Å². The van der Waals surface area contributed by atoms with Gasteiger partial charge in [0.15, 0.2) is 0 Å². The molecule has 0 radical (unpaired) electrons. The summed E-state index contributed by atoms with van der Waals surface area (Å²) in [6.07, 6.45) is 0.590. The fourth-order valence-corrected chi connectivity index (χ4v) is 2.77. The van der Waals surface area contributed by atoms with E-state index < -0.39 is 0 Å². The number of likely N-dealkylation sites (tertiary alicyclic amines) is 1. The number of ether oxygens (including phenoxy) is 1. The van der Waals surface area contributed by atoms with Gasteiger partial charge in [-0.3, -0.25) is 4.90 Å². The maximum atomic E-state index is 9.49. The van der Waals surface area contributed by atoms with Crippen LogP contribution >= 0.6 is 23.2 Å². The third kappa shape index (κ3) is 3.05. The van der Waals surface area contributed by atoms with Gasteiger partial charge in [0.25, 0.3) is 0 Å². The number of hydrogen-bond acceptors (Lipinski definition) is 3. The summed E-state index contributed by atoms with van der Waals surface area (Å²) in [4.78, 5) is 2.16. The van der Waals surface area contributed by atoms with Gasteiger partial charge in [0, 0.05) is 30.2 Å². The fraction of sp³-hybridized carbons (Fsp3) is 0.500. The van der Waals surface area contributed by atoms with Crippen molar-refractivity contribution in [2.75, 3.05) is 20.2 Å². The molecule has 1 atom stereocenters. The topological polar surface area (TPSA) is 32.7 Å². The van der Waals surface area contributed by atoms with Crippen molar-refractivity contribution in [2.45, 2.75) is 19.1 Å². The quantitative estimate of drug-likeness (QED) is 0.921. The molecule has 1 saturated heterocycles. The van der Waals surface area contributed by atoms with Crippen LogP contribution < -0.4 is 4.74 Å². The highest BCUT2D eigenvalue weighted by molar-refractivity contribution is 6.35. The fourth-order valence-electron chi connectivity index (χ4n) is 2.16. The molecule has 0 aliphatic carbocycles. The lowest BCUT2D eigenvalue weighted by molar-refractivity contribution is 0.174. The summed E-state index contributed by atoms with van der Waals surface area (Å²) in [6, 6.07) is 3.53. The highest BCUT2D eigenvalue weighted by Crippen LogP contribution is 2.33. The van der Waals surface area contributed by atoms with Crippen molar-refractivity contribution in [3.05, 3.63) is 27.7 Å². The standard InChI is InChI=1S/C12H15Cl2NO2/c1-17-12-8(4-9(13)5-11(12)14)6-15-3-2-10(16)7-15/h4-5,10,16H,2-3,6-7H2,1H3/t10-/m1/s1. The van der Waals surface area contributed by atoms with Crippen molar-refractivity contribution in [2.24, 2.45) is 0 Å². The molecule has 1 aliphatic heterocycles. The zero-order valence-corrected chi connectivity index (χ0v) is 11.1. The number of rotatable bonds is 3. The summed E-state index contributed by atoms with van der Waals surface area (Å²) in [7, 11) is 1.59. The third-order valence-electron chi connectivity index (χ3n) is 2.93. The van der Waals surface area contributed by atoms with Crippen LogP contribution in [0.25, 0.3) is 0 Å². The van der Waals surface area contributed by atoms with Crippen LogP contribution in [0.4, 0.5) is 0 Å². The second-order valence-electron chi connectivity index (χ2n) is 4.26. The summed E-state index contributed by atoms with van der Waals surface area (Å²) in [5.41, 5.74) is 0.958. The molecule has 0 amide bonds. The predicted octanol–water partition coefficient (Wildman–Crippen LogP) is 2.57. The van der Waals surface area contributed by atoms with E-state index in [-0.39, 0.29) is 6.10 Å². The third-order valence-corrected chi connectivity index (χ3v) is 3.43. The number of aliphatic hydroxyl groups is 1. The van der Waals surface area contributed by atoms with E-state index in [2.05, 4.69) is 4.90 Å². The smallest absolute Gasteiger partial charge is 0.142 e. The van der Waals surface area contributed by atoms with E-state index in [4.69, 9.17) is 27.9 Å². The van der Waals surface area contributed by atoms with E-state index in [0.29, 0.717) is 28.9 Å². The van der Waals surface area contributed by atoms with Crippen LogP contribution in [0.3, 0.4) is 0 Å². The van der Waals surface area contributed by atoms with Gasteiger partial charge in [-0.05, 0) is 18.6 Å². The first-order valence-electron chi connectivity index (χ1n) is 5.52. The average molecular weight is 276 g/mol. The van der Waals surface area contributed by atoms with E-state index >= 15 is 0 Å². The van der Waals surface area contributed by atoms with E-state index in [1.807, 2.05) is 6.07 Å². The molecule has 0 aromatic heterocycles. The SMILES string of the molecule is COc1c(Cl)cc(Cl)cc1CN1CC[C@@H](O)C1. The number of methoxy groups -OCH3 is 1. The van der Waals surface area contributed by atoms with Gasteiger partial charge in [0.05, 0.1) is 18.2 Å². The summed E-state index contributed by atoms with van der Waals surface area (Å²) in [6.45, 7) is 2.27. The molecule has 1 aromatic rings. The van der Waals surface area contributed by atoms with Crippen LogP contribution in [0.15, 0.2) is 12.1 Å². The molecule has 94 valence electrons. The Morgan fingerprint density at radius 1 is 1.47 bits per heavy atom. The van der Waals surface area contributed by atoms with Crippen LogP contribution in [-0.2, 0) is 6.54 Å². The molecule has 1 aliphatic rings. The largest absolute Gasteiger partial charge is 0.495 e. The maximum Gasteiger partial charge on any atom is 0.142 e. The zero-order chi connectivity index (χ0) is 12.4. The van der Waals surface area contributed by atoms with Crippen LogP contribution in [0, 0.1) is 0 Å². The molecule has 2 rings (SSSR count). The van der Waals surface area contributed by atoms with E-state index in [1.54, 1.807) is 13.2 Å². The van der Waals surface area contributed by atoms with Crippen LogP contribution in [0.2, 0.25) is 10.0 Å². The molecule has 1 heterocycles. The Hall–Kier alpha value is -0.480. The van der Waals surface area contributed by atoms with Gasteiger partial charge in [-0.25, -0.2) is 0 Å². The molecular formula is C12H15Cl2NO2. The first kappa shape index (κ1) is 13.0. The highest BCUT2D eigenvalue weighted by Gasteiger charge is 2.22.